The molecular formula is C29H34F3N7O2. The molecule has 4 heterocycles. The predicted octanol–water partition coefficient (Wildman–Crippen LogP) is 4.10. The van der Waals surface area contributed by atoms with Crippen molar-refractivity contribution >= 4 is 29.2 Å². The summed E-state index contributed by atoms with van der Waals surface area (Å²) in [6.45, 7) is 6.85. The number of hydrogen-bond donors (Lipinski definition) is 2. The van der Waals surface area contributed by atoms with Gasteiger partial charge >= 0.3 is 6.18 Å². The first-order valence-electron chi connectivity index (χ1n) is 13.7. The van der Waals surface area contributed by atoms with Gasteiger partial charge in [-0.1, -0.05) is 12.1 Å². The van der Waals surface area contributed by atoms with Gasteiger partial charge in [0.05, 0.1) is 29.9 Å². The van der Waals surface area contributed by atoms with Gasteiger partial charge in [0.15, 0.2) is 0 Å². The lowest BCUT2D eigenvalue weighted by Crippen LogP contribution is -2.38. The molecule has 1 aromatic carbocycles. The van der Waals surface area contributed by atoms with E-state index >= 15 is 0 Å². The molecule has 0 saturated carbocycles. The molecule has 0 radical (unpaired) electrons. The third-order valence-corrected chi connectivity index (χ3v) is 7.68. The van der Waals surface area contributed by atoms with Crippen molar-refractivity contribution in [2.45, 2.75) is 38.3 Å². The highest BCUT2D eigenvalue weighted by Gasteiger charge is 2.36. The average Bonchev–Trinajstić information content (AvgIpc) is 3.20. The summed E-state index contributed by atoms with van der Waals surface area (Å²) in [5, 5.41) is 6.13. The number of aromatic nitrogens is 3. The number of carbonyl (C=O) groups excluding carboxylic acids is 1. The van der Waals surface area contributed by atoms with E-state index in [0.717, 1.165) is 28.6 Å². The topological polar surface area (TPSA) is 95.5 Å². The lowest BCUT2D eigenvalue weighted by Gasteiger charge is -2.28. The molecule has 0 aliphatic carbocycles. The maximum absolute atomic E-state index is 13.8. The quantitative estimate of drug-likeness (QED) is 0.458. The zero-order chi connectivity index (χ0) is 29.2. The van der Waals surface area contributed by atoms with Crippen molar-refractivity contribution in [1.29, 1.82) is 0 Å². The fourth-order valence-electron chi connectivity index (χ4n) is 5.23. The third-order valence-electron chi connectivity index (χ3n) is 7.68. The molecule has 1 fully saturated rings. The summed E-state index contributed by atoms with van der Waals surface area (Å²) in [7, 11) is 1.62. The second-order valence-electron chi connectivity index (χ2n) is 10.7. The molecule has 1 saturated heterocycles. The van der Waals surface area contributed by atoms with Crippen LogP contribution in [0.1, 0.15) is 36.2 Å². The monoisotopic (exact) mass is 569 g/mol. The van der Waals surface area contributed by atoms with E-state index in [1.807, 2.05) is 38.1 Å². The van der Waals surface area contributed by atoms with E-state index in [1.54, 1.807) is 11.9 Å². The molecule has 2 aliphatic heterocycles. The Hall–Kier alpha value is -3.93. The van der Waals surface area contributed by atoms with Crippen LogP contribution in [0, 0.1) is 0 Å². The van der Waals surface area contributed by atoms with E-state index < -0.39 is 17.2 Å². The smallest absolute Gasteiger partial charge is 0.378 e. The Labute approximate surface area is 237 Å². The Bertz CT molecular complexity index is 1390. The second kappa shape index (κ2) is 11.5. The first-order chi connectivity index (χ1) is 19.6. The molecule has 5 rings (SSSR count). The van der Waals surface area contributed by atoms with Gasteiger partial charge in [0.1, 0.15) is 11.6 Å². The van der Waals surface area contributed by atoms with Crippen LogP contribution in [-0.2, 0) is 34.0 Å². The van der Waals surface area contributed by atoms with Crippen LogP contribution in [-0.4, -0.2) is 67.3 Å². The van der Waals surface area contributed by atoms with Crippen LogP contribution in [0.25, 0.3) is 0 Å². The fourth-order valence-corrected chi connectivity index (χ4v) is 5.23. The minimum atomic E-state index is -4.50. The molecule has 9 nitrogen and oxygen atoms in total. The van der Waals surface area contributed by atoms with Crippen molar-refractivity contribution < 1.29 is 22.7 Å². The number of likely N-dealkylation sites (N-methyl/N-ethyl adjacent to an activating group) is 1. The lowest BCUT2D eigenvalue weighted by molar-refractivity contribution is -0.137. The van der Waals surface area contributed by atoms with Crippen molar-refractivity contribution in [3.05, 3.63) is 65.0 Å². The van der Waals surface area contributed by atoms with Crippen molar-refractivity contribution in [3.8, 4) is 0 Å². The number of rotatable bonds is 6. The minimum absolute atomic E-state index is 0.0713. The van der Waals surface area contributed by atoms with E-state index in [2.05, 4.69) is 20.5 Å². The van der Waals surface area contributed by atoms with Crippen LogP contribution in [0.2, 0.25) is 0 Å². The molecule has 0 unspecified atom stereocenters. The zero-order valence-corrected chi connectivity index (χ0v) is 23.4. The second-order valence-corrected chi connectivity index (χ2v) is 10.7. The summed E-state index contributed by atoms with van der Waals surface area (Å²) < 4.78 is 46.8. The summed E-state index contributed by atoms with van der Waals surface area (Å²) in [6.07, 6.45) is -2.23. The highest BCUT2D eigenvalue weighted by molar-refractivity contribution is 5.87. The van der Waals surface area contributed by atoms with Crippen molar-refractivity contribution in [3.63, 3.8) is 0 Å². The van der Waals surface area contributed by atoms with Gasteiger partial charge in [-0.3, -0.25) is 4.79 Å². The van der Waals surface area contributed by atoms with Crippen LogP contribution in [0.15, 0.2) is 42.6 Å². The summed E-state index contributed by atoms with van der Waals surface area (Å²) in [5.41, 5.74) is 1.86. The number of alkyl halides is 3. The van der Waals surface area contributed by atoms with E-state index in [-0.39, 0.29) is 11.7 Å². The van der Waals surface area contributed by atoms with Gasteiger partial charge in [-0.2, -0.15) is 18.2 Å². The Morgan fingerprint density at radius 1 is 0.951 bits per heavy atom. The number of fused-ring (bicyclic) bond motifs is 1. The number of nitrogens with zero attached hydrogens (tertiary/aromatic N) is 5. The molecule has 2 aliphatic rings. The molecule has 1 amide bonds. The standard InChI is InChI=1S/C29H34F3N7O2/c1-28(2,26(40)33-3)19-6-8-20(9-7-19)35-24-21-10-13-38(25-22(29(30,31)32)5-4-12-34-25)14-11-23(21)36-27(37-24)39-15-17-41-18-16-39/h4-9,12H,10-11,13-18H2,1-3H3,(H,33,40)(H,35,36,37). The number of ether oxygens (including phenoxy) is 1. The number of halogens is 3. The Morgan fingerprint density at radius 3 is 2.34 bits per heavy atom. The molecule has 2 N–H and O–H groups in total. The third kappa shape index (κ3) is 6.07. The van der Waals surface area contributed by atoms with Crippen LogP contribution in [0.4, 0.5) is 36.4 Å². The highest BCUT2D eigenvalue weighted by atomic mass is 19.4. The summed E-state index contributed by atoms with van der Waals surface area (Å²) >= 11 is 0. The van der Waals surface area contributed by atoms with Crippen LogP contribution < -0.4 is 20.4 Å². The van der Waals surface area contributed by atoms with Gasteiger partial charge in [0, 0.05) is 57.1 Å². The van der Waals surface area contributed by atoms with Gasteiger partial charge in [0.2, 0.25) is 11.9 Å². The van der Waals surface area contributed by atoms with Gasteiger partial charge in [-0.15, -0.1) is 0 Å². The molecule has 3 aromatic rings. The maximum Gasteiger partial charge on any atom is 0.419 e. The fraction of sp³-hybridized carbons (Fsp3) is 0.448. The van der Waals surface area contributed by atoms with Gasteiger partial charge < -0.3 is 25.2 Å². The average molecular weight is 570 g/mol. The minimum Gasteiger partial charge on any atom is -0.378 e. The molecule has 0 atom stereocenters. The SMILES string of the molecule is CNC(=O)C(C)(C)c1ccc(Nc2nc(N3CCOCC3)nc3c2CCN(c2ncccc2C(F)(F)F)CC3)cc1. The van der Waals surface area contributed by atoms with Crippen molar-refractivity contribution in [2.75, 3.05) is 61.6 Å². The highest BCUT2D eigenvalue weighted by Crippen LogP contribution is 2.36. The molecule has 41 heavy (non-hydrogen) atoms. The number of anilines is 4. The number of morpholine rings is 1. The predicted molar refractivity (Wildman–Crippen MR) is 151 cm³/mol. The maximum atomic E-state index is 13.8. The van der Waals surface area contributed by atoms with E-state index in [4.69, 9.17) is 14.7 Å². The largest absolute Gasteiger partial charge is 0.419 e. The molecule has 2 aromatic heterocycles. The summed E-state index contributed by atoms with van der Waals surface area (Å²) in [5.74, 6) is 1.03. The van der Waals surface area contributed by atoms with E-state index in [9.17, 15) is 18.0 Å². The first kappa shape index (κ1) is 28.6. The number of hydrogen-bond acceptors (Lipinski definition) is 8. The molecular weight excluding hydrogens is 535 g/mol. The van der Waals surface area contributed by atoms with Crippen molar-refractivity contribution in [2.24, 2.45) is 0 Å². The first-order valence-corrected chi connectivity index (χ1v) is 13.7. The Morgan fingerprint density at radius 2 is 1.66 bits per heavy atom. The number of carbonyl (C=O) groups is 1. The summed E-state index contributed by atoms with van der Waals surface area (Å²) in [6, 6.07) is 9.98. The zero-order valence-electron chi connectivity index (χ0n) is 23.4. The van der Waals surface area contributed by atoms with E-state index in [0.29, 0.717) is 64.0 Å². The molecule has 12 heteroatoms. The van der Waals surface area contributed by atoms with Gasteiger partial charge in [-0.25, -0.2) is 9.97 Å². The van der Waals surface area contributed by atoms with Crippen LogP contribution in [0.5, 0.6) is 0 Å². The molecule has 218 valence electrons. The van der Waals surface area contributed by atoms with Gasteiger partial charge in [-0.05, 0) is 50.1 Å². The number of nitrogens with one attached hydrogen (secondary N) is 2. The van der Waals surface area contributed by atoms with Crippen molar-refractivity contribution in [1.82, 2.24) is 20.3 Å². The number of benzene rings is 1. The molecule has 0 spiro atoms. The van der Waals surface area contributed by atoms with E-state index in [1.165, 1.54) is 12.3 Å². The van der Waals surface area contributed by atoms with Crippen LogP contribution >= 0.6 is 0 Å². The lowest BCUT2D eigenvalue weighted by atomic mass is 9.83. The van der Waals surface area contributed by atoms with Crippen LogP contribution in [0.3, 0.4) is 0 Å². The Kier molecular flexibility index (Phi) is 8.03. The summed E-state index contributed by atoms with van der Waals surface area (Å²) in [4.78, 5) is 30.0. The number of pyridine rings is 1. The molecule has 0 bridgehead atoms. The normalized spacial score (nSPS) is 16.1. The Balaban J connectivity index is 1.47. The number of amides is 1. The van der Waals surface area contributed by atoms with Gasteiger partial charge in [0.25, 0.3) is 0 Å².